The Labute approximate surface area is 162 Å². The van der Waals surface area contributed by atoms with Crippen molar-refractivity contribution in [2.45, 2.75) is 41.5 Å². The van der Waals surface area contributed by atoms with Gasteiger partial charge in [-0.25, -0.2) is 13.1 Å². The number of benzene rings is 1. The normalized spacial score (nSPS) is 16.8. The Morgan fingerprint density at radius 3 is 2.70 bits per heavy atom. The summed E-state index contributed by atoms with van der Waals surface area (Å²) in [6, 6.07) is 6.33. The van der Waals surface area contributed by atoms with E-state index in [0.29, 0.717) is 23.9 Å². The molecular weight excluding hydrogens is 388 g/mol. The fourth-order valence-electron chi connectivity index (χ4n) is 2.76. The molecule has 27 heavy (non-hydrogen) atoms. The van der Waals surface area contributed by atoms with Crippen molar-refractivity contribution in [2.75, 3.05) is 24.2 Å². The Bertz CT molecular complexity index is 908. The largest absolute Gasteiger partial charge is 0.336 e. The van der Waals surface area contributed by atoms with Gasteiger partial charge in [-0.3, -0.25) is 4.79 Å². The van der Waals surface area contributed by atoms with Crippen LogP contribution in [0.25, 0.3) is 0 Å². The summed E-state index contributed by atoms with van der Waals surface area (Å²) in [6.07, 6.45) is 4.14. The number of amides is 1. The van der Waals surface area contributed by atoms with E-state index in [0.717, 1.165) is 31.0 Å². The molecule has 146 valence electrons. The maximum atomic E-state index is 12.8. The molecule has 9 nitrogen and oxygen atoms in total. The number of hydrogen-bond acceptors (Lipinski definition) is 7. The minimum atomic E-state index is -3.55. The maximum Gasteiger partial charge on any atom is 0.243 e. The summed E-state index contributed by atoms with van der Waals surface area (Å²) in [4.78, 5) is 12.6. The smallest absolute Gasteiger partial charge is 0.243 e. The molecule has 1 fully saturated rings. The Hall–Kier alpha value is -2.11. The van der Waals surface area contributed by atoms with Gasteiger partial charge in [-0.1, -0.05) is 24.2 Å². The van der Waals surface area contributed by atoms with Crippen molar-refractivity contribution in [2.24, 2.45) is 0 Å². The summed E-state index contributed by atoms with van der Waals surface area (Å²) in [5, 5.41) is 10.2. The van der Waals surface area contributed by atoms with Gasteiger partial charge in [-0.2, -0.15) is 4.31 Å². The summed E-state index contributed by atoms with van der Waals surface area (Å²) in [5.41, 5.74) is 0.430. The number of piperidine rings is 1. The molecule has 1 aliphatic heterocycles. The van der Waals surface area contributed by atoms with Gasteiger partial charge in [0.2, 0.25) is 21.1 Å². The van der Waals surface area contributed by atoms with Crippen LogP contribution in [0.4, 0.5) is 5.69 Å². The highest BCUT2D eigenvalue weighted by Gasteiger charge is 2.26. The number of aromatic nitrogens is 3. The van der Waals surface area contributed by atoms with Gasteiger partial charge < -0.3 is 11.2 Å². The molecule has 0 aliphatic carbocycles. The predicted molar refractivity (Wildman–Crippen MR) is 103 cm³/mol. The van der Waals surface area contributed by atoms with E-state index < -0.39 is 15.3 Å². The summed E-state index contributed by atoms with van der Waals surface area (Å²) in [7, 11) is -3.55. The van der Waals surface area contributed by atoms with Crippen LogP contribution < -0.4 is 11.2 Å². The van der Waals surface area contributed by atoms with Crippen LogP contribution in [0.1, 0.15) is 26.2 Å². The number of rotatable bonds is 6. The van der Waals surface area contributed by atoms with Crippen LogP contribution in [-0.2, 0) is 14.8 Å². The lowest BCUT2D eigenvalue weighted by Gasteiger charge is -2.26. The molecular formula is C16H22N6O3S2. The molecule has 1 atom stereocenters. The third kappa shape index (κ3) is 4.60. The molecule has 1 amide bonds. The van der Waals surface area contributed by atoms with Gasteiger partial charge >= 0.3 is 0 Å². The number of nitrogens with two attached hydrogens (primary N) is 1. The molecule has 1 unspecified atom stereocenters. The molecule has 3 N–H and O–H groups in total. The van der Waals surface area contributed by atoms with E-state index >= 15 is 0 Å². The van der Waals surface area contributed by atoms with Crippen LogP contribution >= 0.6 is 11.8 Å². The summed E-state index contributed by atoms with van der Waals surface area (Å²) in [6.45, 7) is 2.78. The van der Waals surface area contributed by atoms with Crippen molar-refractivity contribution in [3.63, 3.8) is 0 Å². The van der Waals surface area contributed by atoms with E-state index in [-0.39, 0.29) is 10.8 Å². The van der Waals surface area contributed by atoms with Gasteiger partial charge in [0, 0.05) is 18.8 Å². The number of anilines is 1. The number of carbonyl (C=O) groups excluding carboxylic acids is 1. The topological polar surface area (TPSA) is 123 Å². The molecule has 1 saturated heterocycles. The first-order valence-electron chi connectivity index (χ1n) is 8.61. The van der Waals surface area contributed by atoms with E-state index in [2.05, 4.69) is 15.5 Å². The number of sulfonamides is 1. The van der Waals surface area contributed by atoms with Gasteiger partial charge in [0.15, 0.2) is 0 Å². The molecule has 0 saturated carbocycles. The van der Waals surface area contributed by atoms with Gasteiger partial charge in [0.25, 0.3) is 0 Å². The number of carbonyl (C=O) groups is 1. The summed E-state index contributed by atoms with van der Waals surface area (Å²) in [5.74, 6) is 5.37. The zero-order chi connectivity index (χ0) is 19.4. The highest BCUT2D eigenvalue weighted by molar-refractivity contribution is 8.00. The molecule has 1 aromatic carbocycles. The van der Waals surface area contributed by atoms with E-state index in [1.807, 2.05) is 0 Å². The monoisotopic (exact) mass is 410 g/mol. The third-order valence-corrected chi connectivity index (χ3v) is 7.21. The molecule has 2 heterocycles. The van der Waals surface area contributed by atoms with E-state index in [9.17, 15) is 13.2 Å². The summed E-state index contributed by atoms with van der Waals surface area (Å²) >= 11 is 1.16. The van der Waals surface area contributed by atoms with Crippen LogP contribution in [0, 0.1) is 0 Å². The number of nitrogens with zero attached hydrogens (tertiary/aromatic N) is 4. The fraction of sp³-hybridized carbons (Fsp3) is 0.438. The lowest BCUT2D eigenvalue weighted by molar-refractivity contribution is -0.115. The second-order valence-corrected chi connectivity index (χ2v) is 9.51. The van der Waals surface area contributed by atoms with Crippen molar-refractivity contribution < 1.29 is 13.2 Å². The first kappa shape index (κ1) is 19.6. The predicted octanol–water partition coefficient (Wildman–Crippen LogP) is 1.29. The fourth-order valence-corrected chi connectivity index (χ4v) is 5.07. The molecule has 0 radical (unpaired) electrons. The molecule has 0 bridgehead atoms. The average Bonchev–Trinajstić information content (AvgIpc) is 3.07. The van der Waals surface area contributed by atoms with Crippen molar-refractivity contribution in [3.05, 3.63) is 30.6 Å². The Morgan fingerprint density at radius 1 is 1.30 bits per heavy atom. The van der Waals surface area contributed by atoms with Crippen LogP contribution in [0.3, 0.4) is 0 Å². The maximum absolute atomic E-state index is 12.8. The standard InChI is InChI=1S/C16H22N6O3S2/c1-12(26-16-20-18-11-22(16)17)15(23)19-13-6-5-7-14(10-13)27(24,25)21-8-3-2-4-9-21/h5-7,10-12H,2-4,8-9,17H2,1H3,(H,19,23). The molecule has 3 rings (SSSR count). The van der Waals surface area contributed by atoms with Crippen molar-refractivity contribution in [1.82, 2.24) is 19.2 Å². The second kappa shape index (κ2) is 8.28. The number of thioether (sulfide) groups is 1. The highest BCUT2D eigenvalue weighted by atomic mass is 32.2. The Balaban J connectivity index is 1.70. The minimum absolute atomic E-state index is 0.184. The van der Waals surface area contributed by atoms with Crippen LogP contribution in [0.2, 0.25) is 0 Å². The number of nitrogens with one attached hydrogen (secondary N) is 1. The van der Waals surface area contributed by atoms with E-state index in [1.165, 1.54) is 21.4 Å². The molecule has 0 spiro atoms. The van der Waals surface area contributed by atoms with Crippen molar-refractivity contribution in [1.29, 1.82) is 0 Å². The average molecular weight is 411 g/mol. The SMILES string of the molecule is CC(Sc1nncn1N)C(=O)Nc1cccc(S(=O)(=O)N2CCCCC2)c1. The number of nitrogen functional groups attached to an aromatic ring is 1. The van der Waals surface area contributed by atoms with Crippen molar-refractivity contribution in [3.8, 4) is 0 Å². The zero-order valence-corrected chi connectivity index (χ0v) is 16.5. The first-order chi connectivity index (χ1) is 12.9. The molecule has 1 aromatic heterocycles. The second-order valence-electron chi connectivity index (χ2n) is 6.26. The lowest BCUT2D eigenvalue weighted by atomic mass is 10.2. The van der Waals surface area contributed by atoms with E-state index in [1.54, 1.807) is 25.1 Å². The number of hydrogen-bond donors (Lipinski definition) is 2. The molecule has 11 heteroatoms. The van der Waals surface area contributed by atoms with Gasteiger partial charge in [0.05, 0.1) is 10.1 Å². The Kier molecular flexibility index (Phi) is 6.02. The van der Waals surface area contributed by atoms with Crippen LogP contribution in [-0.4, -0.2) is 51.8 Å². The van der Waals surface area contributed by atoms with Crippen LogP contribution in [0.5, 0.6) is 0 Å². The zero-order valence-electron chi connectivity index (χ0n) is 14.9. The first-order valence-corrected chi connectivity index (χ1v) is 10.9. The van der Waals surface area contributed by atoms with Gasteiger partial charge in [0.1, 0.15) is 6.33 Å². The Morgan fingerprint density at radius 2 is 2.04 bits per heavy atom. The van der Waals surface area contributed by atoms with Gasteiger partial charge in [-0.05, 0) is 38.0 Å². The van der Waals surface area contributed by atoms with E-state index in [4.69, 9.17) is 5.84 Å². The van der Waals surface area contributed by atoms with Crippen molar-refractivity contribution >= 4 is 33.4 Å². The lowest BCUT2D eigenvalue weighted by Crippen LogP contribution is -2.35. The van der Waals surface area contributed by atoms with Gasteiger partial charge in [-0.15, -0.1) is 10.2 Å². The van der Waals surface area contributed by atoms with Crippen LogP contribution in [0.15, 0.2) is 40.6 Å². The molecule has 1 aliphatic rings. The molecule has 2 aromatic rings. The summed E-state index contributed by atoms with van der Waals surface area (Å²) < 4.78 is 28.3. The third-order valence-electron chi connectivity index (χ3n) is 4.25. The minimum Gasteiger partial charge on any atom is -0.336 e. The highest BCUT2D eigenvalue weighted by Crippen LogP contribution is 2.24. The quantitative estimate of drug-likeness (QED) is 0.543.